The first-order chi connectivity index (χ1) is 14.9. The van der Waals surface area contributed by atoms with Crippen molar-refractivity contribution in [2.24, 2.45) is 5.10 Å². The standard InChI is InChI=1S/C22H16BrCl2N3O3/c23-16-6-9-20(31-13-14-4-2-1-3-5-14)15(10-16)12-26-28-22(30)21(29)27-19-11-17(24)7-8-18(19)25/h1-12H,13H2,(H,27,29)(H,28,30)/b26-12-. The van der Waals surface area contributed by atoms with Crippen molar-refractivity contribution in [3.63, 3.8) is 0 Å². The molecular formula is C22H16BrCl2N3O3. The van der Waals surface area contributed by atoms with Crippen LogP contribution in [-0.4, -0.2) is 18.0 Å². The number of nitrogens with zero attached hydrogens (tertiary/aromatic N) is 1. The lowest BCUT2D eigenvalue weighted by Crippen LogP contribution is -2.32. The Morgan fingerprint density at radius 1 is 1.00 bits per heavy atom. The van der Waals surface area contributed by atoms with E-state index in [1.54, 1.807) is 18.2 Å². The van der Waals surface area contributed by atoms with Crippen LogP contribution in [0.2, 0.25) is 10.0 Å². The Kier molecular flexibility index (Phi) is 8.06. The van der Waals surface area contributed by atoms with Crippen LogP contribution in [0.15, 0.2) is 76.3 Å². The molecule has 0 aliphatic rings. The molecule has 0 aliphatic carbocycles. The Bertz CT molecular complexity index is 1120. The van der Waals surface area contributed by atoms with Gasteiger partial charge in [0.2, 0.25) is 0 Å². The van der Waals surface area contributed by atoms with Crippen molar-refractivity contribution >= 4 is 62.8 Å². The first-order valence-corrected chi connectivity index (χ1v) is 10.5. The summed E-state index contributed by atoms with van der Waals surface area (Å²) >= 11 is 15.3. The molecule has 9 heteroatoms. The molecule has 0 bridgehead atoms. The molecule has 0 fully saturated rings. The van der Waals surface area contributed by atoms with Gasteiger partial charge in [-0.1, -0.05) is 69.5 Å². The van der Waals surface area contributed by atoms with Crippen LogP contribution in [0.4, 0.5) is 5.69 Å². The number of rotatable bonds is 6. The lowest BCUT2D eigenvalue weighted by Gasteiger charge is -2.10. The minimum Gasteiger partial charge on any atom is -0.488 e. The minimum atomic E-state index is -0.964. The number of carbonyl (C=O) groups is 2. The number of hydrogen-bond acceptors (Lipinski definition) is 4. The third kappa shape index (κ3) is 6.82. The maximum atomic E-state index is 12.1. The van der Waals surface area contributed by atoms with Gasteiger partial charge in [-0.05, 0) is 42.0 Å². The predicted octanol–water partition coefficient (Wildman–Crippen LogP) is 5.42. The molecule has 0 saturated carbocycles. The summed E-state index contributed by atoms with van der Waals surface area (Å²) in [6, 6.07) is 19.6. The van der Waals surface area contributed by atoms with Gasteiger partial charge in [0.05, 0.1) is 16.9 Å². The molecule has 6 nitrogen and oxygen atoms in total. The van der Waals surface area contributed by atoms with E-state index in [1.807, 2.05) is 36.4 Å². The van der Waals surface area contributed by atoms with E-state index in [9.17, 15) is 9.59 Å². The molecule has 2 amide bonds. The third-order valence-corrected chi connectivity index (χ3v) is 5.02. The number of benzene rings is 3. The molecule has 3 aromatic rings. The molecule has 3 aromatic carbocycles. The van der Waals surface area contributed by atoms with Gasteiger partial charge in [-0.15, -0.1) is 0 Å². The smallest absolute Gasteiger partial charge is 0.329 e. The summed E-state index contributed by atoms with van der Waals surface area (Å²) in [5, 5.41) is 6.86. The fourth-order valence-corrected chi connectivity index (χ4v) is 3.19. The largest absolute Gasteiger partial charge is 0.488 e. The van der Waals surface area contributed by atoms with Crippen molar-refractivity contribution in [1.29, 1.82) is 0 Å². The summed E-state index contributed by atoms with van der Waals surface area (Å²) in [5.41, 5.74) is 4.03. The van der Waals surface area contributed by atoms with Crippen LogP contribution in [0.5, 0.6) is 5.75 Å². The van der Waals surface area contributed by atoms with Crippen LogP contribution in [0.3, 0.4) is 0 Å². The molecule has 0 spiro atoms. The van der Waals surface area contributed by atoms with Gasteiger partial charge in [0.25, 0.3) is 0 Å². The summed E-state index contributed by atoms with van der Waals surface area (Å²) in [6.07, 6.45) is 1.39. The van der Waals surface area contributed by atoms with Gasteiger partial charge in [0.15, 0.2) is 0 Å². The van der Waals surface area contributed by atoms with Crippen LogP contribution >= 0.6 is 39.1 Å². The van der Waals surface area contributed by atoms with Crippen molar-refractivity contribution < 1.29 is 14.3 Å². The summed E-state index contributed by atoms with van der Waals surface area (Å²) in [7, 11) is 0. The highest BCUT2D eigenvalue weighted by Gasteiger charge is 2.15. The second-order valence-electron chi connectivity index (χ2n) is 6.23. The van der Waals surface area contributed by atoms with Gasteiger partial charge in [-0.3, -0.25) is 9.59 Å². The van der Waals surface area contributed by atoms with Crippen molar-refractivity contribution in [3.05, 3.63) is 92.4 Å². The maximum absolute atomic E-state index is 12.1. The first kappa shape index (κ1) is 22.8. The van der Waals surface area contributed by atoms with Gasteiger partial charge < -0.3 is 10.1 Å². The quantitative estimate of drug-likeness (QED) is 0.258. The van der Waals surface area contributed by atoms with Gasteiger partial charge in [0.1, 0.15) is 12.4 Å². The molecule has 3 rings (SSSR count). The second kappa shape index (κ2) is 10.9. The highest BCUT2D eigenvalue weighted by atomic mass is 79.9. The number of hydrogen-bond donors (Lipinski definition) is 2. The van der Waals surface area contributed by atoms with Gasteiger partial charge in [0, 0.05) is 15.1 Å². The number of halogens is 3. The third-order valence-electron chi connectivity index (χ3n) is 3.96. The van der Waals surface area contributed by atoms with Crippen molar-refractivity contribution in [2.75, 3.05) is 5.32 Å². The molecule has 0 atom stereocenters. The highest BCUT2D eigenvalue weighted by molar-refractivity contribution is 9.10. The molecule has 0 unspecified atom stereocenters. The fraction of sp³-hybridized carbons (Fsp3) is 0.0455. The van der Waals surface area contributed by atoms with Gasteiger partial charge in [-0.2, -0.15) is 5.10 Å². The Balaban J connectivity index is 1.63. The molecule has 158 valence electrons. The molecule has 31 heavy (non-hydrogen) atoms. The van der Waals surface area contributed by atoms with E-state index < -0.39 is 11.8 Å². The van der Waals surface area contributed by atoms with E-state index in [-0.39, 0.29) is 10.7 Å². The fourth-order valence-electron chi connectivity index (χ4n) is 2.47. The lowest BCUT2D eigenvalue weighted by molar-refractivity contribution is -0.136. The maximum Gasteiger partial charge on any atom is 0.329 e. The van der Waals surface area contributed by atoms with E-state index in [1.165, 1.54) is 18.3 Å². The molecule has 0 radical (unpaired) electrons. The van der Waals surface area contributed by atoms with E-state index in [0.29, 0.717) is 22.9 Å². The molecule has 0 saturated heterocycles. The van der Waals surface area contributed by atoms with Crippen LogP contribution in [0.25, 0.3) is 0 Å². The van der Waals surface area contributed by atoms with Crippen LogP contribution in [0.1, 0.15) is 11.1 Å². The zero-order valence-electron chi connectivity index (χ0n) is 15.9. The summed E-state index contributed by atoms with van der Waals surface area (Å²) in [6.45, 7) is 0.373. The average molecular weight is 521 g/mol. The van der Waals surface area contributed by atoms with E-state index >= 15 is 0 Å². The number of anilines is 1. The zero-order valence-corrected chi connectivity index (χ0v) is 19.0. The first-order valence-electron chi connectivity index (χ1n) is 8.98. The summed E-state index contributed by atoms with van der Waals surface area (Å²) in [4.78, 5) is 24.1. The molecule has 0 aliphatic heterocycles. The average Bonchev–Trinajstić information content (AvgIpc) is 2.76. The lowest BCUT2D eigenvalue weighted by atomic mass is 10.2. The molecule has 0 heterocycles. The Morgan fingerprint density at radius 3 is 2.55 bits per heavy atom. The summed E-state index contributed by atoms with van der Waals surface area (Å²) < 4.78 is 6.66. The molecule has 2 N–H and O–H groups in total. The SMILES string of the molecule is O=C(N/N=C\c1cc(Br)ccc1OCc1ccccc1)C(=O)Nc1cc(Cl)ccc1Cl. The Morgan fingerprint density at radius 2 is 1.77 bits per heavy atom. The van der Waals surface area contributed by atoms with Crippen molar-refractivity contribution in [2.45, 2.75) is 6.61 Å². The van der Waals surface area contributed by atoms with Crippen LogP contribution in [-0.2, 0) is 16.2 Å². The highest BCUT2D eigenvalue weighted by Crippen LogP contribution is 2.25. The van der Waals surface area contributed by atoms with E-state index in [4.69, 9.17) is 27.9 Å². The Hall–Kier alpha value is -2.87. The second-order valence-corrected chi connectivity index (χ2v) is 7.99. The topological polar surface area (TPSA) is 79.8 Å². The normalized spacial score (nSPS) is 10.7. The number of carbonyl (C=O) groups excluding carboxylic acids is 2. The van der Waals surface area contributed by atoms with Crippen molar-refractivity contribution in [3.8, 4) is 5.75 Å². The van der Waals surface area contributed by atoms with Gasteiger partial charge in [-0.25, -0.2) is 5.43 Å². The predicted molar refractivity (Wildman–Crippen MR) is 126 cm³/mol. The van der Waals surface area contributed by atoms with Gasteiger partial charge >= 0.3 is 11.8 Å². The molecule has 0 aromatic heterocycles. The summed E-state index contributed by atoms with van der Waals surface area (Å²) in [5.74, 6) is -1.33. The minimum absolute atomic E-state index is 0.224. The van der Waals surface area contributed by atoms with Crippen molar-refractivity contribution in [1.82, 2.24) is 5.43 Å². The number of nitrogens with one attached hydrogen (secondary N) is 2. The Labute approximate surface area is 197 Å². The monoisotopic (exact) mass is 519 g/mol. The van der Waals surface area contributed by atoms with E-state index in [0.717, 1.165) is 10.0 Å². The number of hydrazone groups is 1. The zero-order chi connectivity index (χ0) is 22.2. The van der Waals surface area contributed by atoms with Crippen LogP contribution < -0.4 is 15.5 Å². The number of ether oxygens (including phenoxy) is 1. The van der Waals surface area contributed by atoms with E-state index in [2.05, 4.69) is 31.8 Å². The van der Waals surface area contributed by atoms with Crippen LogP contribution in [0, 0.1) is 0 Å². The number of amides is 2. The molecular weight excluding hydrogens is 505 g/mol.